The van der Waals surface area contributed by atoms with Gasteiger partial charge in [0.2, 0.25) is 5.88 Å². The van der Waals surface area contributed by atoms with E-state index in [-0.39, 0.29) is 0 Å². The Kier molecular flexibility index (Phi) is 3.91. The summed E-state index contributed by atoms with van der Waals surface area (Å²) in [4.78, 5) is 0. The molecule has 0 radical (unpaired) electrons. The molecule has 1 fully saturated rings. The highest BCUT2D eigenvalue weighted by Gasteiger charge is 2.23. The van der Waals surface area contributed by atoms with Crippen molar-refractivity contribution in [3.8, 4) is 11.6 Å². The molecule has 4 nitrogen and oxygen atoms in total. The monoisotopic (exact) mass is 305 g/mol. The van der Waals surface area contributed by atoms with Crippen LogP contribution in [0.5, 0.6) is 11.6 Å². The van der Waals surface area contributed by atoms with Crippen molar-refractivity contribution >= 4 is 11.6 Å². The summed E-state index contributed by atoms with van der Waals surface area (Å²) in [5.41, 5.74) is 3.13. The van der Waals surface area contributed by atoms with Crippen molar-refractivity contribution in [1.29, 1.82) is 0 Å². The smallest absolute Gasteiger partial charge is 0.222 e. The first-order chi connectivity index (χ1) is 10.0. The van der Waals surface area contributed by atoms with E-state index in [1.165, 1.54) is 12.8 Å². The van der Waals surface area contributed by atoms with Gasteiger partial charge in [-0.05, 0) is 50.5 Å². The molecule has 112 valence electrons. The largest absolute Gasteiger partial charge is 0.439 e. The van der Waals surface area contributed by atoms with Gasteiger partial charge in [0.15, 0.2) is 0 Å². The van der Waals surface area contributed by atoms with E-state index in [1.54, 1.807) is 4.68 Å². The summed E-state index contributed by atoms with van der Waals surface area (Å²) in [7, 11) is 1.91. The van der Waals surface area contributed by atoms with E-state index in [2.05, 4.69) is 10.4 Å². The van der Waals surface area contributed by atoms with Crippen LogP contribution in [0.15, 0.2) is 18.2 Å². The summed E-state index contributed by atoms with van der Waals surface area (Å²) in [5, 5.41) is 8.74. The lowest BCUT2D eigenvalue weighted by Gasteiger charge is -2.10. The molecule has 0 atom stereocenters. The molecule has 1 aliphatic carbocycles. The molecule has 0 bridgehead atoms. The first-order valence-corrected chi connectivity index (χ1v) is 7.62. The number of hydrogen-bond donors (Lipinski definition) is 1. The molecular formula is C16H20ClN3O. The molecule has 0 unspecified atom stereocenters. The lowest BCUT2D eigenvalue weighted by atomic mass is 10.2. The van der Waals surface area contributed by atoms with Crippen molar-refractivity contribution in [2.45, 2.75) is 39.3 Å². The fourth-order valence-electron chi connectivity index (χ4n) is 2.34. The van der Waals surface area contributed by atoms with Crippen molar-refractivity contribution in [3.05, 3.63) is 40.0 Å². The third-order valence-electron chi connectivity index (χ3n) is 3.78. The first-order valence-electron chi connectivity index (χ1n) is 7.24. The summed E-state index contributed by atoms with van der Waals surface area (Å²) in [6.45, 7) is 4.79. The maximum absolute atomic E-state index is 6.06. The van der Waals surface area contributed by atoms with Gasteiger partial charge in [0.05, 0.1) is 11.3 Å². The second-order valence-electron chi connectivity index (χ2n) is 5.66. The maximum Gasteiger partial charge on any atom is 0.222 e. The maximum atomic E-state index is 6.06. The molecule has 1 saturated carbocycles. The van der Waals surface area contributed by atoms with Gasteiger partial charge in [-0.2, -0.15) is 5.10 Å². The van der Waals surface area contributed by atoms with Gasteiger partial charge in [0.25, 0.3) is 0 Å². The molecule has 1 aliphatic rings. The minimum Gasteiger partial charge on any atom is -0.439 e. The number of nitrogens with one attached hydrogen (secondary N) is 1. The van der Waals surface area contributed by atoms with Gasteiger partial charge in [-0.1, -0.05) is 11.6 Å². The quantitative estimate of drug-likeness (QED) is 0.914. The average Bonchev–Trinajstić information content (AvgIpc) is 3.21. The molecule has 3 rings (SSSR count). The van der Waals surface area contributed by atoms with E-state index in [0.29, 0.717) is 6.04 Å². The van der Waals surface area contributed by atoms with Gasteiger partial charge < -0.3 is 10.1 Å². The number of ether oxygens (including phenoxy) is 1. The molecule has 21 heavy (non-hydrogen) atoms. The standard InChI is InChI=1S/C16H20ClN3O/c1-10-8-13(6-7-15(10)17)21-16-14(9-18-12-4-5-12)11(2)19-20(16)3/h6-8,12,18H,4-5,9H2,1-3H3. The van der Waals surface area contributed by atoms with Crippen LogP contribution in [-0.4, -0.2) is 15.8 Å². The molecular weight excluding hydrogens is 286 g/mol. The molecule has 5 heteroatoms. The summed E-state index contributed by atoms with van der Waals surface area (Å²) in [5.74, 6) is 1.58. The van der Waals surface area contributed by atoms with E-state index in [4.69, 9.17) is 16.3 Å². The van der Waals surface area contributed by atoms with Gasteiger partial charge in [-0.15, -0.1) is 0 Å². The van der Waals surface area contributed by atoms with Crippen LogP contribution < -0.4 is 10.1 Å². The Balaban J connectivity index is 1.84. The molecule has 1 aromatic heterocycles. The van der Waals surface area contributed by atoms with Crippen LogP contribution in [-0.2, 0) is 13.6 Å². The Hall–Kier alpha value is -1.52. The van der Waals surface area contributed by atoms with Crippen molar-refractivity contribution in [2.24, 2.45) is 7.05 Å². The van der Waals surface area contributed by atoms with Crippen molar-refractivity contribution in [3.63, 3.8) is 0 Å². The van der Waals surface area contributed by atoms with Gasteiger partial charge in [-0.3, -0.25) is 0 Å². The summed E-state index contributed by atoms with van der Waals surface area (Å²) in [6.07, 6.45) is 2.54. The lowest BCUT2D eigenvalue weighted by molar-refractivity contribution is 0.423. The van der Waals surface area contributed by atoms with Gasteiger partial charge in [-0.25, -0.2) is 4.68 Å². The van der Waals surface area contributed by atoms with Crippen molar-refractivity contribution in [2.75, 3.05) is 0 Å². The first kappa shape index (κ1) is 14.4. The molecule has 0 saturated heterocycles. The molecule has 1 heterocycles. The minimum atomic E-state index is 0.662. The summed E-state index contributed by atoms with van der Waals surface area (Å²) >= 11 is 6.06. The Bertz CT molecular complexity index is 662. The van der Waals surface area contributed by atoms with Crippen molar-refractivity contribution in [1.82, 2.24) is 15.1 Å². The fourth-order valence-corrected chi connectivity index (χ4v) is 2.46. The number of rotatable bonds is 5. The van der Waals surface area contributed by atoms with Gasteiger partial charge in [0.1, 0.15) is 5.75 Å². The molecule has 0 aliphatic heterocycles. The topological polar surface area (TPSA) is 39.1 Å². The van der Waals surface area contributed by atoms with Crippen LogP contribution in [0.25, 0.3) is 0 Å². The van der Waals surface area contributed by atoms with Crippen LogP contribution >= 0.6 is 11.6 Å². The normalized spacial score (nSPS) is 14.5. The number of aryl methyl sites for hydroxylation is 3. The highest BCUT2D eigenvalue weighted by Crippen LogP contribution is 2.30. The Morgan fingerprint density at radius 2 is 2.14 bits per heavy atom. The Morgan fingerprint density at radius 3 is 2.81 bits per heavy atom. The van der Waals surface area contributed by atoms with E-state index >= 15 is 0 Å². The Labute approximate surface area is 130 Å². The van der Waals surface area contributed by atoms with E-state index in [0.717, 1.165) is 40.0 Å². The second kappa shape index (κ2) is 5.70. The van der Waals surface area contributed by atoms with Gasteiger partial charge >= 0.3 is 0 Å². The van der Waals surface area contributed by atoms with Gasteiger partial charge in [0, 0.05) is 24.7 Å². The summed E-state index contributed by atoms with van der Waals surface area (Å²) in [6, 6.07) is 6.35. The third kappa shape index (κ3) is 3.22. The highest BCUT2D eigenvalue weighted by molar-refractivity contribution is 6.31. The SMILES string of the molecule is Cc1cc(Oc2c(CNC3CC3)c(C)nn2C)ccc1Cl. The Morgan fingerprint density at radius 1 is 1.38 bits per heavy atom. The molecule has 2 aromatic rings. The average molecular weight is 306 g/mol. The zero-order valence-corrected chi connectivity index (χ0v) is 13.4. The van der Waals surface area contributed by atoms with E-state index < -0.39 is 0 Å². The zero-order valence-electron chi connectivity index (χ0n) is 12.6. The van der Waals surface area contributed by atoms with Crippen molar-refractivity contribution < 1.29 is 4.74 Å². The van der Waals surface area contributed by atoms with Crippen LogP contribution in [0.3, 0.4) is 0 Å². The second-order valence-corrected chi connectivity index (χ2v) is 6.07. The fraction of sp³-hybridized carbons (Fsp3) is 0.438. The predicted molar refractivity (Wildman–Crippen MR) is 84.1 cm³/mol. The molecule has 1 aromatic carbocycles. The molecule has 1 N–H and O–H groups in total. The minimum absolute atomic E-state index is 0.662. The van der Waals surface area contributed by atoms with Crippen LogP contribution in [0.4, 0.5) is 0 Å². The number of halogens is 1. The molecule has 0 spiro atoms. The van der Waals surface area contributed by atoms with Crippen LogP contribution in [0.1, 0.15) is 29.7 Å². The zero-order chi connectivity index (χ0) is 15.0. The number of aromatic nitrogens is 2. The van der Waals surface area contributed by atoms with E-state index in [9.17, 15) is 0 Å². The number of nitrogens with zero attached hydrogens (tertiary/aromatic N) is 2. The third-order valence-corrected chi connectivity index (χ3v) is 4.20. The van der Waals surface area contributed by atoms with E-state index in [1.807, 2.05) is 39.1 Å². The molecule has 0 amide bonds. The predicted octanol–water partition coefficient (Wildman–Crippen LogP) is 3.73. The number of benzene rings is 1. The number of hydrogen-bond acceptors (Lipinski definition) is 3. The summed E-state index contributed by atoms with van der Waals surface area (Å²) < 4.78 is 7.85. The lowest BCUT2D eigenvalue weighted by Crippen LogP contribution is -2.16. The van der Waals surface area contributed by atoms with Crippen LogP contribution in [0.2, 0.25) is 5.02 Å². The highest BCUT2D eigenvalue weighted by atomic mass is 35.5. The van der Waals surface area contributed by atoms with Crippen LogP contribution in [0, 0.1) is 13.8 Å².